The molecule has 0 radical (unpaired) electrons. The van der Waals surface area contributed by atoms with Gasteiger partial charge in [-0.3, -0.25) is 14.8 Å². The van der Waals surface area contributed by atoms with E-state index in [4.69, 9.17) is 23.7 Å². The van der Waals surface area contributed by atoms with Crippen molar-refractivity contribution in [3.63, 3.8) is 0 Å². The maximum atomic E-state index is 14.0. The van der Waals surface area contributed by atoms with E-state index in [2.05, 4.69) is 15.0 Å². The normalized spacial score (nSPS) is 12.7. The van der Waals surface area contributed by atoms with Crippen LogP contribution in [0.3, 0.4) is 0 Å². The number of carbonyl (C=O) groups is 3. The summed E-state index contributed by atoms with van der Waals surface area (Å²) in [6.45, 7) is 2.39. The largest absolute Gasteiger partial charge is 0.493 e. The average molecular weight is 766 g/mol. The molecule has 0 unspecified atom stereocenters. The molecule has 280 valence electrons. The quantitative estimate of drug-likeness (QED) is 0.114. The molecule has 3 aromatic carbocycles. The summed E-state index contributed by atoms with van der Waals surface area (Å²) in [4.78, 5) is 46.6. The van der Waals surface area contributed by atoms with Gasteiger partial charge in [-0.15, -0.1) is 11.8 Å². The molecule has 0 bridgehead atoms. The van der Waals surface area contributed by atoms with Gasteiger partial charge in [0.1, 0.15) is 19.0 Å². The number of nitrogens with one attached hydrogen (secondary N) is 2. The highest BCUT2D eigenvalue weighted by Crippen LogP contribution is 2.43. The number of thioether (sulfide) groups is 1. The zero-order chi connectivity index (χ0) is 37.8. The fourth-order valence-corrected chi connectivity index (χ4v) is 6.60. The SMILES string of the molecule is CCOC(=O)N1CCN(C(=O)c2cc(NS(=O)(=O)c3ccc(SC)cc3)c(Oc3ccccc3OC)c(OCCOC(=O)Nc3ccccn3)c2)CC1. The first-order valence-electron chi connectivity index (χ1n) is 16.5. The Hall–Kier alpha value is -5.68. The van der Waals surface area contributed by atoms with Gasteiger partial charge in [0.05, 0.1) is 24.3 Å². The number of hydrogen-bond acceptors (Lipinski definition) is 12. The lowest BCUT2D eigenvalue weighted by Gasteiger charge is -2.34. The molecule has 2 N–H and O–H groups in total. The smallest absolute Gasteiger partial charge is 0.412 e. The van der Waals surface area contributed by atoms with Gasteiger partial charge in [0, 0.05) is 42.8 Å². The number of aromatic nitrogens is 1. The molecular weight excluding hydrogens is 727 g/mol. The lowest BCUT2D eigenvalue weighted by atomic mass is 10.1. The van der Waals surface area contributed by atoms with Crippen molar-refractivity contribution in [3.05, 3.63) is 90.6 Å². The van der Waals surface area contributed by atoms with Crippen molar-refractivity contribution in [3.8, 4) is 23.0 Å². The maximum absolute atomic E-state index is 14.0. The van der Waals surface area contributed by atoms with E-state index in [1.807, 2.05) is 6.26 Å². The van der Waals surface area contributed by atoms with Crippen LogP contribution in [0.2, 0.25) is 0 Å². The minimum Gasteiger partial charge on any atom is -0.493 e. The molecule has 0 spiro atoms. The van der Waals surface area contributed by atoms with Crippen LogP contribution in [0.5, 0.6) is 23.0 Å². The Morgan fingerprint density at radius 1 is 0.849 bits per heavy atom. The first-order valence-corrected chi connectivity index (χ1v) is 19.2. The van der Waals surface area contributed by atoms with Crippen molar-refractivity contribution in [1.29, 1.82) is 0 Å². The number of piperazine rings is 1. The zero-order valence-electron chi connectivity index (χ0n) is 29.3. The van der Waals surface area contributed by atoms with Crippen molar-refractivity contribution in [2.45, 2.75) is 16.7 Å². The standard InChI is InChI=1S/C36H39N5O10S2/c1-4-48-36(44)41-19-17-40(18-20-41)34(42)25-23-28(39-53(45,46)27-14-12-26(52-3)13-15-27)33(51-30-10-6-5-9-29(30)47-2)31(24-25)49-21-22-50-35(43)38-32-11-7-8-16-37-32/h5-16,23-24,39H,4,17-22H2,1-3H3,(H,37,38,43). The van der Waals surface area contributed by atoms with E-state index in [-0.39, 0.29) is 79.4 Å². The number of para-hydroxylation sites is 2. The van der Waals surface area contributed by atoms with Gasteiger partial charge < -0.3 is 33.5 Å². The number of rotatable bonds is 14. The number of ether oxygens (including phenoxy) is 5. The lowest BCUT2D eigenvalue weighted by Crippen LogP contribution is -2.50. The Balaban J connectivity index is 1.49. The van der Waals surface area contributed by atoms with Crippen molar-refractivity contribution in [1.82, 2.24) is 14.8 Å². The van der Waals surface area contributed by atoms with Gasteiger partial charge in [0.25, 0.3) is 15.9 Å². The van der Waals surface area contributed by atoms with Crippen LogP contribution < -0.4 is 24.2 Å². The molecule has 2 heterocycles. The van der Waals surface area contributed by atoms with Crippen LogP contribution >= 0.6 is 11.8 Å². The van der Waals surface area contributed by atoms with E-state index in [1.54, 1.807) is 66.4 Å². The Morgan fingerprint density at radius 2 is 1.55 bits per heavy atom. The second-order valence-electron chi connectivity index (χ2n) is 11.2. The minimum atomic E-state index is -4.23. The number of amides is 3. The average Bonchev–Trinajstić information content (AvgIpc) is 3.17. The van der Waals surface area contributed by atoms with E-state index in [0.29, 0.717) is 11.6 Å². The van der Waals surface area contributed by atoms with Crippen molar-refractivity contribution in [2.24, 2.45) is 0 Å². The summed E-state index contributed by atoms with van der Waals surface area (Å²) in [5.74, 6) is 0.300. The fourth-order valence-electron chi connectivity index (χ4n) is 5.14. The van der Waals surface area contributed by atoms with E-state index in [9.17, 15) is 22.8 Å². The summed E-state index contributed by atoms with van der Waals surface area (Å²) in [5, 5.41) is 2.51. The van der Waals surface area contributed by atoms with E-state index >= 15 is 0 Å². The molecule has 17 heteroatoms. The first-order chi connectivity index (χ1) is 25.6. The van der Waals surface area contributed by atoms with Crippen molar-refractivity contribution in [2.75, 3.05) is 69.4 Å². The number of anilines is 2. The zero-order valence-corrected chi connectivity index (χ0v) is 30.9. The molecule has 1 saturated heterocycles. The molecular formula is C36H39N5O10S2. The molecule has 1 aliphatic rings. The third-order valence-corrected chi connectivity index (χ3v) is 9.88. The highest BCUT2D eigenvalue weighted by Gasteiger charge is 2.29. The molecule has 53 heavy (non-hydrogen) atoms. The summed E-state index contributed by atoms with van der Waals surface area (Å²) in [5.41, 5.74) is -0.0362. The van der Waals surface area contributed by atoms with Gasteiger partial charge in [-0.05, 0) is 73.8 Å². The molecule has 0 atom stereocenters. The van der Waals surface area contributed by atoms with Crippen LogP contribution in [0.25, 0.3) is 0 Å². The molecule has 1 aromatic heterocycles. The summed E-state index contributed by atoms with van der Waals surface area (Å²) in [7, 11) is -2.78. The third-order valence-electron chi connectivity index (χ3n) is 7.76. The maximum Gasteiger partial charge on any atom is 0.412 e. The number of benzene rings is 3. The van der Waals surface area contributed by atoms with Gasteiger partial charge in [-0.2, -0.15) is 0 Å². The van der Waals surface area contributed by atoms with Crippen molar-refractivity contribution >= 4 is 51.4 Å². The highest BCUT2D eigenvalue weighted by atomic mass is 32.2. The van der Waals surface area contributed by atoms with Crippen molar-refractivity contribution < 1.29 is 46.5 Å². The summed E-state index contributed by atoms with van der Waals surface area (Å²) >= 11 is 1.46. The van der Waals surface area contributed by atoms with Crippen LogP contribution in [0, 0.1) is 0 Å². The molecule has 3 amide bonds. The van der Waals surface area contributed by atoms with E-state index < -0.39 is 28.1 Å². The molecule has 0 aliphatic carbocycles. The summed E-state index contributed by atoms with van der Waals surface area (Å²) in [6, 6.07) is 20.8. The predicted molar refractivity (Wildman–Crippen MR) is 198 cm³/mol. The Kier molecular flexibility index (Phi) is 13.2. The molecule has 1 aliphatic heterocycles. The second-order valence-corrected chi connectivity index (χ2v) is 13.7. The van der Waals surface area contributed by atoms with E-state index in [0.717, 1.165) is 4.90 Å². The molecule has 4 aromatic rings. The third kappa shape index (κ3) is 10.2. The van der Waals surface area contributed by atoms with E-state index in [1.165, 1.54) is 54.2 Å². The summed E-state index contributed by atoms with van der Waals surface area (Å²) < 4.78 is 58.4. The lowest BCUT2D eigenvalue weighted by molar-refractivity contribution is 0.0570. The first kappa shape index (κ1) is 38.5. The van der Waals surface area contributed by atoms with Gasteiger partial charge in [-0.25, -0.2) is 23.0 Å². The Morgan fingerprint density at radius 3 is 2.21 bits per heavy atom. The number of carbonyl (C=O) groups excluding carboxylic acids is 3. The highest BCUT2D eigenvalue weighted by molar-refractivity contribution is 7.98. The molecule has 1 fully saturated rings. The van der Waals surface area contributed by atoms with Gasteiger partial charge in [0.15, 0.2) is 23.0 Å². The number of nitrogens with zero attached hydrogens (tertiary/aromatic N) is 3. The monoisotopic (exact) mass is 765 g/mol. The van der Waals surface area contributed by atoms with Crippen LogP contribution in [0.4, 0.5) is 21.1 Å². The molecule has 15 nitrogen and oxygen atoms in total. The van der Waals surface area contributed by atoms with Gasteiger partial charge in [-0.1, -0.05) is 18.2 Å². The Bertz CT molecular complexity index is 1990. The number of methoxy groups -OCH3 is 1. The number of pyridine rings is 1. The predicted octanol–water partition coefficient (Wildman–Crippen LogP) is 5.95. The number of sulfonamides is 1. The topological polar surface area (TPSA) is 175 Å². The minimum absolute atomic E-state index is 0.0276. The fraction of sp³-hybridized carbons (Fsp3) is 0.278. The Labute approximate surface area is 311 Å². The van der Waals surface area contributed by atoms with Gasteiger partial charge in [0.2, 0.25) is 0 Å². The van der Waals surface area contributed by atoms with Crippen LogP contribution in [-0.2, 0) is 19.5 Å². The van der Waals surface area contributed by atoms with Gasteiger partial charge >= 0.3 is 12.2 Å². The molecule has 0 saturated carbocycles. The number of hydrogen-bond donors (Lipinski definition) is 2. The van der Waals surface area contributed by atoms with Crippen LogP contribution in [0.15, 0.2) is 94.9 Å². The van der Waals surface area contributed by atoms with Crippen LogP contribution in [-0.4, -0.2) is 101 Å². The molecule has 5 rings (SSSR count). The second kappa shape index (κ2) is 18.2. The summed E-state index contributed by atoms with van der Waals surface area (Å²) in [6.07, 6.45) is 2.15. The van der Waals surface area contributed by atoms with Crippen LogP contribution in [0.1, 0.15) is 17.3 Å².